The molecule has 2 spiro atoms. The fourth-order valence-electron chi connectivity index (χ4n) is 9.50. The predicted molar refractivity (Wildman–Crippen MR) is 75.3 cm³/mol. The molecule has 2 bridgehead atoms. The number of fused-ring (bicyclic) bond motifs is 1. The van der Waals surface area contributed by atoms with Gasteiger partial charge in [0.1, 0.15) is 0 Å². The summed E-state index contributed by atoms with van der Waals surface area (Å²) in [5.74, 6) is 3.27. The summed E-state index contributed by atoms with van der Waals surface area (Å²) >= 11 is 0. The molecule has 7 aliphatic rings. The lowest BCUT2D eigenvalue weighted by atomic mass is 8.99. The quantitative estimate of drug-likeness (QED) is 0.731. The monoisotopic (exact) mass is 302 g/mol. The number of rotatable bonds is 2. The molecule has 0 amide bonds. The molecule has 0 N–H and O–H groups in total. The summed E-state index contributed by atoms with van der Waals surface area (Å²) in [4.78, 5) is 25.0. The Morgan fingerprint density at radius 3 is 1.55 bits per heavy atom. The van der Waals surface area contributed by atoms with Crippen molar-refractivity contribution in [3.8, 4) is 0 Å². The minimum absolute atomic E-state index is 0.161. The van der Waals surface area contributed by atoms with Crippen LogP contribution >= 0.6 is 0 Å². The molecule has 7 rings (SSSR count). The third kappa shape index (κ3) is 0.771. The molecule has 0 radical (unpaired) electrons. The fourth-order valence-corrected chi connectivity index (χ4v) is 9.50. The number of hydrogen-bond acceptors (Lipinski definition) is 4. The van der Waals surface area contributed by atoms with E-state index in [-0.39, 0.29) is 23.8 Å². The van der Waals surface area contributed by atoms with E-state index >= 15 is 0 Å². The average molecular weight is 302 g/mol. The molecule has 22 heavy (non-hydrogen) atoms. The van der Waals surface area contributed by atoms with E-state index in [0.29, 0.717) is 22.7 Å². The minimum atomic E-state index is -0.229. The molecule has 4 heteroatoms. The van der Waals surface area contributed by atoms with Crippen molar-refractivity contribution >= 4 is 11.9 Å². The average Bonchev–Trinajstić information content (AvgIpc) is 2.53. The lowest BCUT2D eigenvalue weighted by Crippen LogP contribution is -3.02. The first-order valence-electron chi connectivity index (χ1n) is 8.82. The van der Waals surface area contributed by atoms with Gasteiger partial charge in [0.25, 0.3) is 0 Å². The Morgan fingerprint density at radius 2 is 1.18 bits per heavy atom. The van der Waals surface area contributed by atoms with Gasteiger partial charge in [0, 0.05) is 0 Å². The van der Waals surface area contributed by atoms with Gasteiger partial charge in [-0.1, -0.05) is 12.8 Å². The first kappa shape index (κ1) is 12.4. The summed E-state index contributed by atoms with van der Waals surface area (Å²) < 4.78 is 10.2. The van der Waals surface area contributed by atoms with Gasteiger partial charge < -0.3 is 9.47 Å². The van der Waals surface area contributed by atoms with E-state index in [1.54, 1.807) is 0 Å². The van der Waals surface area contributed by atoms with Crippen LogP contribution in [-0.4, -0.2) is 26.2 Å². The van der Waals surface area contributed by atoms with Crippen molar-refractivity contribution in [1.82, 2.24) is 0 Å². The molecule has 0 aliphatic heterocycles. The van der Waals surface area contributed by atoms with Crippen LogP contribution in [0.3, 0.4) is 0 Å². The van der Waals surface area contributed by atoms with Crippen molar-refractivity contribution < 1.29 is 19.1 Å². The molecule has 0 aromatic heterocycles. The van der Waals surface area contributed by atoms with Crippen molar-refractivity contribution in [2.24, 2.45) is 58.2 Å². The summed E-state index contributed by atoms with van der Waals surface area (Å²) in [6, 6.07) is 0. The second-order valence-electron chi connectivity index (χ2n) is 8.64. The molecule has 0 saturated heterocycles. The number of carbonyl (C=O) groups is 2. The normalized spacial score (nSPS) is 63.9. The predicted octanol–water partition coefficient (Wildman–Crippen LogP) is 1.88. The highest BCUT2D eigenvalue weighted by Gasteiger charge is 3.03. The summed E-state index contributed by atoms with van der Waals surface area (Å²) in [6.45, 7) is 0. The molecule has 0 aromatic carbocycles. The molecule has 10 atom stereocenters. The van der Waals surface area contributed by atoms with E-state index in [4.69, 9.17) is 9.47 Å². The number of methoxy groups -OCH3 is 2. The molecular weight excluding hydrogens is 280 g/mol. The lowest BCUT2D eigenvalue weighted by molar-refractivity contribution is -0.583. The van der Waals surface area contributed by atoms with E-state index < -0.39 is 0 Å². The van der Waals surface area contributed by atoms with Crippen LogP contribution in [-0.2, 0) is 19.1 Å². The Kier molecular flexibility index (Phi) is 1.83. The van der Waals surface area contributed by atoms with Gasteiger partial charge in [-0.05, 0) is 59.2 Å². The molecule has 118 valence electrons. The zero-order valence-corrected chi connectivity index (χ0v) is 13.1. The van der Waals surface area contributed by atoms with Gasteiger partial charge in [0.2, 0.25) is 0 Å². The van der Waals surface area contributed by atoms with E-state index in [1.807, 2.05) is 0 Å². The fraction of sp³-hybridized carbons (Fsp3) is 0.889. The highest BCUT2D eigenvalue weighted by molar-refractivity contribution is 5.85. The first-order valence-corrected chi connectivity index (χ1v) is 8.82. The second-order valence-corrected chi connectivity index (χ2v) is 8.64. The minimum Gasteiger partial charge on any atom is -0.469 e. The van der Waals surface area contributed by atoms with Crippen molar-refractivity contribution in [1.29, 1.82) is 0 Å². The molecule has 7 fully saturated rings. The van der Waals surface area contributed by atoms with Gasteiger partial charge in [0.05, 0.1) is 26.1 Å². The van der Waals surface area contributed by atoms with Crippen molar-refractivity contribution in [2.45, 2.75) is 25.7 Å². The Bertz CT molecular complexity index is 575. The maximum Gasteiger partial charge on any atom is 0.309 e. The summed E-state index contributed by atoms with van der Waals surface area (Å²) in [5.41, 5.74) is 0.812. The summed E-state index contributed by atoms with van der Waals surface area (Å²) in [5, 5.41) is 0. The van der Waals surface area contributed by atoms with Gasteiger partial charge in [-0.25, -0.2) is 0 Å². The van der Waals surface area contributed by atoms with Crippen LogP contribution in [0.25, 0.3) is 0 Å². The lowest BCUT2D eigenvalue weighted by Gasteiger charge is -3.04. The van der Waals surface area contributed by atoms with Crippen molar-refractivity contribution in [2.75, 3.05) is 14.2 Å². The van der Waals surface area contributed by atoms with E-state index in [2.05, 4.69) is 0 Å². The molecule has 0 unspecified atom stereocenters. The molecule has 7 aliphatic carbocycles. The van der Waals surface area contributed by atoms with Crippen molar-refractivity contribution in [3.05, 3.63) is 0 Å². The highest BCUT2D eigenvalue weighted by Crippen LogP contribution is 3.05. The molecule has 0 heterocycles. The highest BCUT2D eigenvalue weighted by atomic mass is 16.5. The van der Waals surface area contributed by atoms with Crippen LogP contribution in [0, 0.1) is 58.2 Å². The number of ether oxygens (including phenoxy) is 2. The Labute approximate surface area is 129 Å². The third-order valence-electron chi connectivity index (χ3n) is 9.27. The maximum atomic E-state index is 12.5. The summed E-state index contributed by atoms with van der Waals surface area (Å²) in [7, 11) is 2.93. The van der Waals surface area contributed by atoms with Gasteiger partial charge in [-0.3, -0.25) is 9.59 Å². The smallest absolute Gasteiger partial charge is 0.309 e. The molecule has 4 nitrogen and oxygen atoms in total. The zero-order chi connectivity index (χ0) is 15.0. The van der Waals surface area contributed by atoms with E-state index in [9.17, 15) is 9.59 Å². The van der Waals surface area contributed by atoms with Crippen LogP contribution in [0.15, 0.2) is 0 Å². The molecular formula is C18H22O4. The Morgan fingerprint density at radius 1 is 0.773 bits per heavy atom. The number of carbonyl (C=O) groups excluding carboxylic acids is 2. The van der Waals surface area contributed by atoms with Gasteiger partial charge >= 0.3 is 11.9 Å². The Balaban J connectivity index is 1.51. The van der Waals surface area contributed by atoms with Crippen LogP contribution in [0.4, 0.5) is 0 Å². The van der Waals surface area contributed by atoms with Crippen LogP contribution in [0.2, 0.25) is 0 Å². The maximum absolute atomic E-state index is 12.5. The van der Waals surface area contributed by atoms with Crippen LogP contribution < -0.4 is 0 Å². The van der Waals surface area contributed by atoms with E-state index in [0.717, 1.165) is 23.7 Å². The topological polar surface area (TPSA) is 52.6 Å². The van der Waals surface area contributed by atoms with Crippen molar-refractivity contribution in [3.63, 3.8) is 0 Å². The first-order chi connectivity index (χ1) is 10.7. The standard InChI is InChI=1S/C18H22O4/c1-21-15(19)9-10(16(20)22-2)12-8-7-11(9)17-5-3-4-6-18(12,17)14(8)13(7)17/h7-14H,3-6H2,1-2H3/t7-,8+,9+,10-,11-,12-,13+,14-,17+,18-/m0/s1. The van der Waals surface area contributed by atoms with Crippen LogP contribution in [0.5, 0.6) is 0 Å². The largest absolute Gasteiger partial charge is 0.469 e. The number of esters is 2. The summed E-state index contributed by atoms with van der Waals surface area (Å²) in [6.07, 6.45) is 5.20. The molecule has 7 saturated carbocycles. The van der Waals surface area contributed by atoms with E-state index in [1.165, 1.54) is 39.9 Å². The van der Waals surface area contributed by atoms with Gasteiger partial charge in [-0.2, -0.15) is 0 Å². The van der Waals surface area contributed by atoms with Crippen LogP contribution in [0.1, 0.15) is 25.7 Å². The van der Waals surface area contributed by atoms with Gasteiger partial charge in [-0.15, -0.1) is 0 Å². The SMILES string of the molecule is COC(=O)[C@@H]1[C@H](C(=O)OC)[C@@H]2[C@H]3[C@H]4[C@@H]1[C@@]15CCCC[C@@]21[C@@H]3[C@@H]45. The second kappa shape index (κ2) is 3.25. The molecule has 0 aromatic rings. The zero-order valence-electron chi connectivity index (χ0n) is 13.1. The van der Waals surface area contributed by atoms with Gasteiger partial charge in [0.15, 0.2) is 0 Å². The third-order valence-corrected chi connectivity index (χ3v) is 9.27. The number of hydrogen-bond donors (Lipinski definition) is 0. The Hall–Kier alpha value is -1.06.